The van der Waals surface area contributed by atoms with Gasteiger partial charge < -0.3 is 5.32 Å². The molecule has 1 fully saturated rings. The number of sulfone groups is 1. The van der Waals surface area contributed by atoms with Gasteiger partial charge >= 0.3 is 0 Å². The molecule has 0 aliphatic heterocycles. The molecule has 1 N–H and O–H groups in total. The largest absolute Gasteiger partial charge is 0.367 e. The Hall–Kier alpha value is -0.810. The van der Waals surface area contributed by atoms with Crippen LogP contribution < -0.4 is 5.32 Å². The number of nitrogens with zero attached hydrogens (tertiary/aromatic N) is 1. The Labute approximate surface area is 106 Å². The van der Waals surface area contributed by atoms with E-state index in [-0.39, 0.29) is 10.3 Å². The summed E-state index contributed by atoms with van der Waals surface area (Å²) >= 11 is 6.16. The monoisotopic (exact) mass is 274 g/mol. The quantitative estimate of drug-likeness (QED) is 0.834. The summed E-state index contributed by atoms with van der Waals surface area (Å²) in [5.41, 5.74) is 0. The number of halogens is 1. The van der Waals surface area contributed by atoms with Crippen molar-refractivity contribution < 1.29 is 8.42 Å². The number of nitrogens with one attached hydrogen (secondary N) is 1. The molecular formula is C11H15ClN2O2S. The number of aromatic nitrogens is 1. The summed E-state index contributed by atoms with van der Waals surface area (Å²) in [7, 11) is -3.25. The van der Waals surface area contributed by atoms with Crippen molar-refractivity contribution in [1.82, 2.24) is 4.98 Å². The van der Waals surface area contributed by atoms with Gasteiger partial charge in [-0.15, -0.1) is 11.6 Å². The first kappa shape index (κ1) is 12.6. The summed E-state index contributed by atoms with van der Waals surface area (Å²) in [6, 6.07) is 3.16. The maximum atomic E-state index is 11.5. The molecule has 4 nitrogen and oxygen atoms in total. The minimum Gasteiger partial charge on any atom is -0.367 e. The molecule has 0 radical (unpaired) electrons. The number of alkyl halides is 1. The van der Waals surface area contributed by atoms with Crippen LogP contribution in [-0.4, -0.2) is 31.6 Å². The molecule has 1 aromatic heterocycles. The molecule has 1 aromatic rings. The predicted octanol–water partition coefficient (Wildman–Crippen LogP) is 1.91. The number of anilines is 1. The first-order chi connectivity index (χ1) is 7.98. The second-order valence-electron chi connectivity index (χ2n) is 4.36. The van der Waals surface area contributed by atoms with Crippen molar-refractivity contribution in [2.75, 3.05) is 18.1 Å². The van der Waals surface area contributed by atoms with E-state index in [9.17, 15) is 8.42 Å². The van der Waals surface area contributed by atoms with Gasteiger partial charge in [0.05, 0.1) is 5.38 Å². The zero-order chi connectivity index (χ0) is 12.5. The summed E-state index contributed by atoms with van der Waals surface area (Å²) in [6.07, 6.45) is 5.07. The van der Waals surface area contributed by atoms with Crippen LogP contribution in [-0.2, 0) is 9.84 Å². The number of pyridine rings is 1. The van der Waals surface area contributed by atoms with Crippen molar-refractivity contribution in [3.8, 4) is 0 Å². The fourth-order valence-corrected chi connectivity index (χ4v) is 2.77. The Morgan fingerprint density at radius 3 is 2.88 bits per heavy atom. The maximum Gasteiger partial charge on any atom is 0.179 e. The lowest BCUT2D eigenvalue weighted by molar-refractivity contribution is 0.601. The smallest absolute Gasteiger partial charge is 0.179 e. The maximum absolute atomic E-state index is 11.5. The van der Waals surface area contributed by atoms with Crippen LogP contribution in [0.3, 0.4) is 0 Å². The van der Waals surface area contributed by atoms with E-state index in [1.807, 2.05) is 0 Å². The molecule has 1 saturated carbocycles. The van der Waals surface area contributed by atoms with Crippen LogP contribution in [0.2, 0.25) is 0 Å². The van der Waals surface area contributed by atoms with Crippen LogP contribution in [0, 0.1) is 5.92 Å². The molecule has 1 unspecified atom stereocenters. The highest BCUT2D eigenvalue weighted by Crippen LogP contribution is 2.35. The van der Waals surface area contributed by atoms with Gasteiger partial charge in [0.15, 0.2) is 9.84 Å². The summed E-state index contributed by atoms with van der Waals surface area (Å²) in [5, 5.41) is 3.06. The molecule has 2 rings (SSSR count). The van der Waals surface area contributed by atoms with Crippen molar-refractivity contribution >= 4 is 27.3 Å². The van der Waals surface area contributed by atoms with Crippen LogP contribution in [0.15, 0.2) is 23.2 Å². The molecule has 1 aliphatic rings. The highest BCUT2D eigenvalue weighted by molar-refractivity contribution is 7.90. The zero-order valence-electron chi connectivity index (χ0n) is 9.56. The summed E-state index contributed by atoms with van der Waals surface area (Å²) in [5.74, 6) is 0.955. The normalized spacial score (nSPS) is 17.8. The minimum atomic E-state index is -3.25. The second kappa shape index (κ2) is 4.82. The van der Waals surface area contributed by atoms with E-state index < -0.39 is 9.84 Å². The Morgan fingerprint density at radius 1 is 1.59 bits per heavy atom. The Morgan fingerprint density at radius 2 is 2.29 bits per heavy atom. The molecule has 1 aliphatic carbocycles. The van der Waals surface area contributed by atoms with Crippen molar-refractivity contribution in [2.24, 2.45) is 5.92 Å². The minimum absolute atomic E-state index is 0.0458. The van der Waals surface area contributed by atoms with E-state index in [1.165, 1.54) is 6.26 Å². The van der Waals surface area contributed by atoms with Crippen LogP contribution in [0.5, 0.6) is 0 Å². The van der Waals surface area contributed by atoms with Gasteiger partial charge in [-0.2, -0.15) is 0 Å². The van der Waals surface area contributed by atoms with Gasteiger partial charge in [-0.05, 0) is 30.9 Å². The molecule has 0 spiro atoms. The lowest BCUT2D eigenvalue weighted by atomic mass is 10.3. The van der Waals surface area contributed by atoms with Gasteiger partial charge in [-0.3, -0.25) is 0 Å². The van der Waals surface area contributed by atoms with E-state index in [2.05, 4.69) is 10.3 Å². The van der Waals surface area contributed by atoms with E-state index in [0.29, 0.717) is 18.3 Å². The molecule has 0 amide bonds. The van der Waals surface area contributed by atoms with Crippen LogP contribution in [0.25, 0.3) is 0 Å². The van der Waals surface area contributed by atoms with Crippen molar-refractivity contribution in [2.45, 2.75) is 23.1 Å². The van der Waals surface area contributed by atoms with E-state index in [0.717, 1.165) is 12.8 Å². The number of hydrogen-bond acceptors (Lipinski definition) is 4. The lowest BCUT2D eigenvalue weighted by Gasteiger charge is -2.12. The molecule has 6 heteroatoms. The molecule has 1 atom stereocenters. The summed E-state index contributed by atoms with van der Waals surface area (Å²) in [6.45, 7) is 0.547. The van der Waals surface area contributed by atoms with Gasteiger partial charge in [0.1, 0.15) is 10.7 Å². The highest BCUT2D eigenvalue weighted by Gasteiger charge is 2.29. The first-order valence-electron chi connectivity index (χ1n) is 5.51. The van der Waals surface area contributed by atoms with E-state index in [4.69, 9.17) is 11.6 Å². The average Bonchev–Trinajstić information content (AvgIpc) is 3.08. The van der Waals surface area contributed by atoms with Gasteiger partial charge in [0, 0.05) is 19.0 Å². The number of hydrogen-bond donors (Lipinski definition) is 1. The zero-order valence-corrected chi connectivity index (χ0v) is 11.1. The van der Waals surface area contributed by atoms with Gasteiger partial charge in [0.25, 0.3) is 0 Å². The molecule has 17 heavy (non-hydrogen) atoms. The van der Waals surface area contributed by atoms with Crippen LogP contribution in [0.4, 0.5) is 5.82 Å². The summed E-state index contributed by atoms with van der Waals surface area (Å²) in [4.78, 5) is 4.27. The molecular weight excluding hydrogens is 260 g/mol. The fraction of sp³-hybridized carbons (Fsp3) is 0.545. The first-order valence-corrected chi connectivity index (χ1v) is 7.84. The SMILES string of the molecule is CS(=O)(=O)c1cccnc1NCC(Cl)C1CC1. The van der Waals surface area contributed by atoms with Crippen LogP contribution >= 0.6 is 11.6 Å². The standard InChI is InChI=1S/C11H15ClN2O2S/c1-17(15,16)10-3-2-6-13-11(10)14-7-9(12)8-4-5-8/h2-3,6,8-9H,4-5,7H2,1H3,(H,13,14). The predicted molar refractivity (Wildman–Crippen MR) is 68.2 cm³/mol. The Bertz CT molecular complexity index is 500. The Kier molecular flexibility index (Phi) is 3.58. The third-order valence-electron chi connectivity index (χ3n) is 2.77. The van der Waals surface area contributed by atoms with Crippen molar-refractivity contribution in [3.63, 3.8) is 0 Å². The van der Waals surface area contributed by atoms with E-state index >= 15 is 0 Å². The molecule has 0 bridgehead atoms. The molecule has 0 aromatic carbocycles. The average molecular weight is 275 g/mol. The molecule has 1 heterocycles. The molecule has 94 valence electrons. The van der Waals surface area contributed by atoms with Crippen molar-refractivity contribution in [1.29, 1.82) is 0 Å². The highest BCUT2D eigenvalue weighted by atomic mass is 35.5. The van der Waals surface area contributed by atoms with Gasteiger partial charge in [-0.25, -0.2) is 13.4 Å². The summed E-state index contributed by atoms with van der Waals surface area (Å²) < 4.78 is 23.1. The van der Waals surface area contributed by atoms with Gasteiger partial charge in [-0.1, -0.05) is 0 Å². The lowest BCUT2D eigenvalue weighted by Crippen LogP contribution is -2.18. The number of rotatable bonds is 5. The second-order valence-corrected chi connectivity index (χ2v) is 6.90. The van der Waals surface area contributed by atoms with Crippen LogP contribution in [0.1, 0.15) is 12.8 Å². The third-order valence-corrected chi connectivity index (χ3v) is 4.41. The van der Waals surface area contributed by atoms with E-state index in [1.54, 1.807) is 18.3 Å². The third kappa shape index (κ3) is 3.33. The van der Waals surface area contributed by atoms with Crippen molar-refractivity contribution in [3.05, 3.63) is 18.3 Å². The fourth-order valence-electron chi connectivity index (χ4n) is 1.64. The molecule has 0 saturated heterocycles. The van der Waals surface area contributed by atoms with Gasteiger partial charge in [0.2, 0.25) is 0 Å². The topological polar surface area (TPSA) is 59.1 Å². The Balaban J connectivity index is 2.09.